The number of ether oxygens (including phenoxy) is 1. The third-order valence-corrected chi connectivity index (χ3v) is 5.84. The van der Waals surface area contributed by atoms with Gasteiger partial charge in [0.05, 0.1) is 28.1 Å². The summed E-state index contributed by atoms with van der Waals surface area (Å²) >= 11 is 14.5. The maximum atomic E-state index is 12.3. The Morgan fingerprint density at radius 2 is 2.00 bits per heavy atom. The molecule has 0 unspecified atom stereocenters. The normalized spacial score (nSPS) is 11.9. The molecule has 0 saturated heterocycles. The average molecular weight is 415 g/mol. The predicted molar refractivity (Wildman–Crippen MR) is 100 cm³/mol. The molecule has 9 heteroatoms. The van der Waals surface area contributed by atoms with Crippen LogP contribution >= 0.6 is 45.9 Å². The van der Waals surface area contributed by atoms with Crippen LogP contribution in [0.15, 0.2) is 35.3 Å². The fourth-order valence-corrected chi connectivity index (χ4v) is 4.62. The van der Waals surface area contributed by atoms with Crippen LogP contribution in [-0.4, -0.2) is 23.6 Å². The van der Waals surface area contributed by atoms with Crippen molar-refractivity contribution in [1.82, 2.24) is 4.57 Å². The van der Waals surface area contributed by atoms with Gasteiger partial charge in [-0.3, -0.25) is 9.59 Å². The summed E-state index contributed by atoms with van der Waals surface area (Å²) in [4.78, 5) is 29.4. The zero-order valence-electron chi connectivity index (χ0n) is 13.0. The number of esters is 1. The van der Waals surface area contributed by atoms with E-state index in [1.807, 2.05) is 0 Å². The summed E-state index contributed by atoms with van der Waals surface area (Å²) in [6.07, 6.45) is 0.157. The van der Waals surface area contributed by atoms with E-state index in [0.717, 1.165) is 15.1 Å². The number of thiophene rings is 1. The summed E-state index contributed by atoms with van der Waals surface area (Å²) in [5.74, 6) is -0.733. The molecule has 0 bridgehead atoms. The van der Waals surface area contributed by atoms with Crippen molar-refractivity contribution in [2.75, 3.05) is 7.11 Å². The molecule has 0 aliphatic carbocycles. The van der Waals surface area contributed by atoms with E-state index in [1.54, 1.807) is 34.9 Å². The molecule has 0 fully saturated rings. The van der Waals surface area contributed by atoms with Crippen molar-refractivity contribution < 1.29 is 14.3 Å². The minimum absolute atomic E-state index is 0.0327. The van der Waals surface area contributed by atoms with Crippen molar-refractivity contribution >= 4 is 68.0 Å². The Balaban J connectivity index is 2.02. The van der Waals surface area contributed by atoms with E-state index in [1.165, 1.54) is 29.8 Å². The lowest BCUT2D eigenvalue weighted by Crippen LogP contribution is -2.22. The summed E-state index contributed by atoms with van der Waals surface area (Å²) in [6.45, 7) is -0.0327. The van der Waals surface area contributed by atoms with E-state index in [0.29, 0.717) is 14.2 Å². The van der Waals surface area contributed by atoms with Gasteiger partial charge in [-0.1, -0.05) is 34.5 Å². The van der Waals surface area contributed by atoms with Crippen LogP contribution in [0.25, 0.3) is 10.2 Å². The van der Waals surface area contributed by atoms with Crippen LogP contribution in [0, 0.1) is 0 Å². The number of methoxy groups -OCH3 is 1. The number of rotatable bonds is 4. The van der Waals surface area contributed by atoms with Gasteiger partial charge < -0.3 is 9.30 Å². The van der Waals surface area contributed by atoms with Crippen LogP contribution in [0.2, 0.25) is 9.36 Å². The van der Waals surface area contributed by atoms with Gasteiger partial charge in [-0.05, 0) is 30.3 Å². The van der Waals surface area contributed by atoms with Crippen LogP contribution < -0.4 is 4.80 Å². The van der Waals surface area contributed by atoms with Crippen molar-refractivity contribution in [2.45, 2.75) is 13.0 Å². The predicted octanol–water partition coefficient (Wildman–Crippen LogP) is 3.91. The largest absolute Gasteiger partial charge is 0.468 e. The molecule has 3 rings (SSSR count). The number of thiazole rings is 1. The third-order valence-electron chi connectivity index (χ3n) is 3.33. The van der Waals surface area contributed by atoms with Crippen LogP contribution in [0.3, 0.4) is 0 Å². The first kappa shape index (κ1) is 18.1. The molecule has 0 radical (unpaired) electrons. The first-order valence-electron chi connectivity index (χ1n) is 7.14. The number of benzene rings is 1. The monoisotopic (exact) mass is 414 g/mol. The van der Waals surface area contributed by atoms with Crippen molar-refractivity contribution in [3.05, 3.63) is 49.4 Å². The van der Waals surface area contributed by atoms with Crippen LogP contribution in [0.1, 0.15) is 4.88 Å². The van der Waals surface area contributed by atoms with E-state index >= 15 is 0 Å². The molecule has 0 saturated carbocycles. The molecular weight excluding hydrogens is 403 g/mol. The number of aromatic nitrogens is 1. The van der Waals surface area contributed by atoms with Crippen molar-refractivity contribution in [1.29, 1.82) is 0 Å². The van der Waals surface area contributed by atoms with E-state index in [-0.39, 0.29) is 18.9 Å². The Kier molecular flexibility index (Phi) is 5.58. The molecule has 0 atom stereocenters. The highest BCUT2D eigenvalue weighted by atomic mass is 35.5. The highest BCUT2D eigenvalue weighted by Gasteiger charge is 2.13. The standard InChI is InChI=1S/C16H12Cl2N2O3S2/c1-23-15(22)8-20-11-4-2-9(17)6-12(11)25-16(20)19-14(21)7-10-3-5-13(18)24-10/h2-6H,7-8H2,1H3. The smallest absolute Gasteiger partial charge is 0.325 e. The van der Waals surface area contributed by atoms with Crippen LogP contribution in [-0.2, 0) is 27.3 Å². The average Bonchev–Trinajstić information content (AvgIpc) is 3.10. The molecule has 0 aliphatic rings. The summed E-state index contributed by atoms with van der Waals surface area (Å²) in [5, 5.41) is 0.574. The fourth-order valence-electron chi connectivity index (χ4n) is 2.22. The maximum absolute atomic E-state index is 12.3. The number of hydrogen-bond acceptors (Lipinski definition) is 5. The summed E-state index contributed by atoms with van der Waals surface area (Å²) in [5.41, 5.74) is 0.769. The summed E-state index contributed by atoms with van der Waals surface area (Å²) in [7, 11) is 1.32. The molecule has 5 nitrogen and oxygen atoms in total. The van der Waals surface area contributed by atoms with Gasteiger partial charge in [0, 0.05) is 9.90 Å². The summed E-state index contributed by atoms with van der Waals surface area (Å²) in [6, 6.07) is 8.84. The summed E-state index contributed by atoms with van der Waals surface area (Å²) < 4.78 is 7.85. The van der Waals surface area contributed by atoms with Crippen LogP contribution in [0.5, 0.6) is 0 Å². The number of nitrogens with zero attached hydrogens (tertiary/aromatic N) is 2. The van der Waals surface area contributed by atoms with Gasteiger partial charge in [-0.2, -0.15) is 4.99 Å². The number of carbonyl (C=O) groups excluding carboxylic acids is 2. The van der Waals surface area contributed by atoms with E-state index in [2.05, 4.69) is 4.99 Å². The molecule has 0 N–H and O–H groups in total. The Labute approximate surface area is 161 Å². The molecule has 3 aromatic rings. The molecule has 25 heavy (non-hydrogen) atoms. The first-order valence-corrected chi connectivity index (χ1v) is 9.52. The second-order valence-corrected chi connectivity index (χ2v) is 8.29. The van der Waals surface area contributed by atoms with E-state index in [9.17, 15) is 9.59 Å². The zero-order chi connectivity index (χ0) is 18.0. The lowest BCUT2D eigenvalue weighted by atomic mass is 10.3. The number of fused-ring (bicyclic) bond motifs is 1. The SMILES string of the molecule is COC(=O)Cn1c(=NC(=O)Cc2ccc(Cl)s2)sc2cc(Cl)ccc21. The number of hydrogen-bond donors (Lipinski definition) is 0. The quantitative estimate of drug-likeness (QED) is 0.607. The lowest BCUT2D eigenvalue weighted by Gasteiger charge is -2.03. The molecule has 0 aliphatic heterocycles. The van der Waals surface area contributed by atoms with E-state index < -0.39 is 5.97 Å². The fraction of sp³-hybridized carbons (Fsp3) is 0.188. The Morgan fingerprint density at radius 3 is 2.68 bits per heavy atom. The molecule has 130 valence electrons. The maximum Gasteiger partial charge on any atom is 0.325 e. The van der Waals surface area contributed by atoms with Gasteiger partial charge >= 0.3 is 5.97 Å². The van der Waals surface area contributed by atoms with Crippen molar-refractivity contribution in [2.24, 2.45) is 4.99 Å². The second kappa shape index (κ2) is 7.70. The Hall–Kier alpha value is -1.67. The van der Waals surface area contributed by atoms with Gasteiger partial charge in [-0.25, -0.2) is 0 Å². The minimum Gasteiger partial charge on any atom is -0.468 e. The first-order chi connectivity index (χ1) is 12.0. The number of amides is 1. The van der Waals surface area contributed by atoms with Crippen molar-refractivity contribution in [3.8, 4) is 0 Å². The van der Waals surface area contributed by atoms with Crippen molar-refractivity contribution in [3.63, 3.8) is 0 Å². The molecule has 2 aromatic heterocycles. The highest BCUT2D eigenvalue weighted by molar-refractivity contribution is 7.16. The molecular formula is C16H12Cl2N2O3S2. The Bertz CT molecular complexity index is 1020. The molecule has 1 amide bonds. The topological polar surface area (TPSA) is 60.7 Å². The van der Waals surface area contributed by atoms with Crippen LogP contribution in [0.4, 0.5) is 0 Å². The highest BCUT2D eigenvalue weighted by Crippen LogP contribution is 2.23. The van der Waals surface area contributed by atoms with Gasteiger partial charge in [0.1, 0.15) is 6.54 Å². The second-order valence-electron chi connectivity index (χ2n) is 5.05. The minimum atomic E-state index is -0.423. The zero-order valence-corrected chi connectivity index (χ0v) is 16.1. The van der Waals surface area contributed by atoms with E-state index in [4.69, 9.17) is 27.9 Å². The third kappa shape index (κ3) is 4.30. The van der Waals surface area contributed by atoms with Gasteiger partial charge in [0.15, 0.2) is 4.80 Å². The number of carbonyl (C=O) groups is 2. The lowest BCUT2D eigenvalue weighted by molar-refractivity contribution is -0.141. The van der Waals surface area contributed by atoms with Gasteiger partial charge in [-0.15, -0.1) is 11.3 Å². The Morgan fingerprint density at radius 1 is 1.20 bits per heavy atom. The van der Waals surface area contributed by atoms with Gasteiger partial charge in [0.25, 0.3) is 5.91 Å². The number of halogens is 2. The van der Waals surface area contributed by atoms with Gasteiger partial charge in [0.2, 0.25) is 0 Å². The molecule has 2 heterocycles. The molecule has 1 aromatic carbocycles. The molecule has 0 spiro atoms.